The molecule has 1 heterocycles. The third-order valence-corrected chi connectivity index (χ3v) is 5.89. The molecule has 0 radical (unpaired) electrons. The number of hydrogen-bond donors (Lipinski definition) is 3. The lowest BCUT2D eigenvalue weighted by atomic mass is 10.0. The minimum absolute atomic E-state index is 0.126. The molecule has 0 saturated carbocycles. The van der Waals surface area contributed by atoms with Gasteiger partial charge in [0.15, 0.2) is 0 Å². The van der Waals surface area contributed by atoms with E-state index in [9.17, 15) is 9.59 Å². The van der Waals surface area contributed by atoms with Crippen molar-refractivity contribution in [2.45, 2.75) is 26.8 Å². The van der Waals surface area contributed by atoms with Crippen LogP contribution < -0.4 is 16.0 Å². The van der Waals surface area contributed by atoms with Crippen LogP contribution in [0.15, 0.2) is 53.0 Å². The Labute approximate surface area is 187 Å². The summed E-state index contributed by atoms with van der Waals surface area (Å²) in [4.78, 5) is 25.2. The first-order valence-corrected chi connectivity index (χ1v) is 11.0. The molecule has 0 saturated heterocycles. The normalized spacial score (nSPS) is 11.8. The van der Waals surface area contributed by atoms with Crippen molar-refractivity contribution in [1.29, 1.82) is 0 Å². The van der Waals surface area contributed by atoms with Crippen LogP contribution in [0.4, 0.5) is 15.6 Å². The van der Waals surface area contributed by atoms with Crippen LogP contribution in [0.3, 0.4) is 0 Å². The number of rotatable bonds is 6. The van der Waals surface area contributed by atoms with Crippen LogP contribution >= 0.6 is 27.3 Å². The number of hydrogen-bond acceptors (Lipinski definition) is 5. The Morgan fingerprint density at radius 3 is 2.37 bits per heavy atom. The highest BCUT2D eigenvalue weighted by Gasteiger charge is 2.25. The standard InChI is InChI=1S/C21H22BrN5O2S/c1-12(2)17(24-20(29)23-16-7-5-4-6-15(16)22)18(28)25-21-27-26-19(30-21)14-10-8-13(3)9-11-14/h4-12,17H,1-3H3,(H2,23,24,29)(H,25,27,28). The van der Waals surface area contributed by atoms with Crippen molar-refractivity contribution < 1.29 is 9.59 Å². The predicted molar refractivity (Wildman–Crippen MR) is 124 cm³/mol. The second-order valence-electron chi connectivity index (χ2n) is 7.07. The van der Waals surface area contributed by atoms with E-state index in [4.69, 9.17) is 0 Å². The first-order valence-electron chi connectivity index (χ1n) is 9.37. The van der Waals surface area contributed by atoms with Gasteiger partial charge in [0.05, 0.1) is 5.69 Å². The first kappa shape index (κ1) is 21.9. The molecule has 1 unspecified atom stereocenters. The minimum atomic E-state index is -0.737. The molecule has 3 N–H and O–H groups in total. The summed E-state index contributed by atoms with van der Waals surface area (Å²) in [6.45, 7) is 5.74. The second-order valence-corrected chi connectivity index (χ2v) is 8.90. The fourth-order valence-corrected chi connectivity index (χ4v) is 3.80. The third-order valence-electron chi connectivity index (χ3n) is 4.31. The molecular weight excluding hydrogens is 466 g/mol. The molecule has 30 heavy (non-hydrogen) atoms. The summed E-state index contributed by atoms with van der Waals surface area (Å²) in [5.41, 5.74) is 2.71. The molecule has 3 rings (SSSR count). The molecule has 2 aromatic carbocycles. The smallest absolute Gasteiger partial charge is 0.319 e. The Hall–Kier alpha value is -2.78. The van der Waals surface area contributed by atoms with Crippen molar-refractivity contribution in [1.82, 2.24) is 15.5 Å². The fraction of sp³-hybridized carbons (Fsp3) is 0.238. The van der Waals surface area contributed by atoms with Crippen molar-refractivity contribution >= 4 is 50.0 Å². The molecule has 0 bridgehead atoms. The van der Waals surface area contributed by atoms with Gasteiger partial charge in [0.2, 0.25) is 11.0 Å². The Bertz CT molecular complexity index is 1040. The number of carbonyl (C=O) groups excluding carboxylic acids is 2. The van der Waals surface area contributed by atoms with Crippen LogP contribution in [0, 0.1) is 12.8 Å². The van der Waals surface area contributed by atoms with E-state index in [1.807, 2.05) is 63.2 Å². The van der Waals surface area contributed by atoms with Gasteiger partial charge in [-0.25, -0.2) is 4.79 Å². The van der Waals surface area contributed by atoms with Gasteiger partial charge in [0, 0.05) is 10.0 Å². The maximum Gasteiger partial charge on any atom is 0.319 e. The predicted octanol–water partition coefficient (Wildman–Crippen LogP) is 5.06. The number of benzene rings is 2. The molecule has 0 aliphatic carbocycles. The zero-order chi connectivity index (χ0) is 21.7. The molecule has 0 spiro atoms. The fourth-order valence-electron chi connectivity index (χ4n) is 2.67. The van der Waals surface area contributed by atoms with E-state index in [2.05, 4.69) is 42.1 Å². The number of aromatic nitrogens is 2. The topological polar surface area (TPSA) is 96.0 Å². The molecule has 3 aromatic rings. The highest BCUT2D eigenvalue weighted by Crippen LogP contribution is 2.27. The maximum absolute atomic E-state index is 12.8. The van der Waals surface area contributed by atoms with Gasteiger partial charge in [0.25, 0.3) is 0 Å². The van der Waals surface area contributed by atoms with E-state index in [1.54, 1.807) is 6.07 Å². The molecule has 1 atom stereocenters. The van der Waals surface area contributed by atoms with E-state index in [1.165, 1.54) is 11.3 Å². The number of amides is 3. The van der Waals surface area contributed by atoms with Crippen molar-refractivity contribution in [2.24, 2.45) is 5.92 Å². The van der Waals surface area contributed by atoms with Crippen LogP contribution in [0.1, 0.15) is 19.4 Å². The number of anilines is 2. The van der Waals surface area contributed by atoms with Gasteiger partial charge in [-0.2, -0.15) is 0 Å². The number of halogens is 1. The average Bonchev–Trinajstić information content (AvgIpc) is 3.16. The Morgan fingerprint density at radius 2 is 1.70 bits per heavy atom. The number of nitrogens with one attached hydrogen (secondary N) is 3. The number of para-hydroxylation sites is 1. The average molecular weight is 488 g/mol. The zero-order valence-electron chi connectivity index (χ0n) is 16.8. The molecule has 3 amide bonds. The summed E-state index contributed by atoms with van der Waals surface area (Å²) in [6, 6.07) is 14.0. The van der Waals surface area contributed by atoms with Gasteiger partial charge >= 0.3 is 6.03 Å². The summed E-state index contributed by atoms with van der Waals surface area (Å²) in [5.74, 6) is -0.474. The van der Waals surface area contributed by atoms with Crippen molar-refractivity contribution in [3.8, 4) is 10.6 Å². The van der Waals surface area contributed by atoms with Gasteiger partial charge in [0.1, 0.15) is 11.0 Å². The largest absolute Gasteiger partial charge is 0.326 e. The van der Waals surface area contributed by atoms with Crippen LogP contribution in [-0.2, 0) is 4.79 Å². The van der Waals surface area contributed by atoms with Gasteiger partial charge in [-0.15, -0.1) is 10.2 Å². The summed E-state index contributed by atoms with van der Waals surface area (Å²) in [6.07, 6.45) is 0. The van der Waals surface area contributed by atoms with Gasteiger partial charge in [-0.1, -0.05) is 67.1 Å². The molecule has 9 heteroatoms. The lowest BCUT2D eigenvalue weighted by Crippen LogP contribution is -2.48. The van der Waals surface area contributed by atoms with Gasteiger partial charge in [-0.3, -0.25) is 10.1 Å². The molecule has 1 aromatic heterocycles. The minimum Gasteiger partial charge on any atom is -0.326 e. The zero-order valence-corrected chi connectivity index (χ0v) is 19.2. The molecular formula is C21H22BrN5O2S. The highest BCUT2D eigenvalue weighted by molar-refractivity contribution is 9.10. The summed E-state index contributed by atoms with van der Waals surface area (Å²) >= 11 is 4.67. The van der Waals surface area contributed by atoms with Crippen LogP contribution in [0.2, 0.25) is 0 Å². The molecule has 0 fully saturated rings. The van der Waals surface area contributed by atoms with Crippen molar-refractivity contribution in [2.75, 3.05) is 10.6 Å². The number of aryl methyl sites for hydroxylation is 1. The van der Waals surface area contributed by atoms with Gasteiger partial charge < -0.3 is 10.6 Å². The highest BCUT2D eigenvalue weighted by atomic mass is 79.9. The van der Waals surface area contributed by atoms with Crippen molar-refractivity contribution in [3.05, 3.63) is 58.6 Å². The summed E-state index contributed by atoms with van der Waals surface area (Å²) in [7, 11) is 0. The Kier molecular flexibility index (Phi) is 7.17. The summed E-state index contributed by atoms with van der Waals surface area (Å²) < 4.78 is 0.753. The van der Waals surface area contributed by atoms with Crippen LogP contribution in [0.5, 0.6) is 0 Å². The maximum atomic E-state index is 12.8. The Balaban J connectivity index is 1.65. The Morgan fingerprint density at radius 1 is 1.00 bits per heavy atom. The SMILES string of the molecule is Cc1ccc(-c2nnc(NC(=O)C(NC(=O)Nc3ccccc3Br)C(C)C)s2)cc1. The molecule has 0 aliphatic rings. The first-order chi connectivity index (χ1) is 14.3. The number of nitrogens with zero attached hydrogens (tertiary/aromatic N) is 2. The van der Waals surface area contributed by atoms with E-state index in [0.717, 1.165) is 15.6 Å². The number of urea groups is 1. The lowest BCUT2D eigenvalue weighted by Gasteiger charge is -2.21. The second kappa shape index (κ2) is 9.82. The molecule has 7 nitrogen and oxygen atoms in total. The summed E-state index contributed by atoms with van der Waals surface area (Å²) in [5, 5.41) is 17.5. The lowest BCUT2D eigenvalue weighted by molar-refractivity contribution is -0.118. The van der Waals surface area contributed by atoms with E-state index < -0.39 is 12.1 Å². The number of carbonyl (C=O) groups is 2. The molecule has 156 valence electrons. The molecule has 0 aliphatic heterocycles. The van der Waals surface area contributed by atoms with Crippen LogP contribution in [0.25, 0.3) is 10.6 Å². The van der Waals surface area contributed by atoms with E-state index in [0.29, 0.717) is 15.8 Å². The monoisotopic (exact) mass is 487 g/mol. The van der Waals surface area contributed by atoms with E-state index >= 15 is 0 Å². The quantitative estimate of drug-likeness (QED) is 0.452. The van der Waals surface area contributed by atoms with Gasteiger partial charge in [-0.05, 0) is 40.9 Å². The van der Waals surface area contributed by atoms with Crippen molar-refractivity contribution in [3.63, 3.8) is 0 Å². The third kappa shape index (κ3) is 5.64. The van der Waals surface area contributed by atoms with Crippen LogP contribution in [-0.4, -0.2) is 28.2 Å². The van der Waals surface area contributed by atoms with E-state index in [-0.39, 0.29) is 11.8 Å².